The molecule has 0 bridgehead atoms. The van der Waals surface area contributed by atoms with Gasteiger partial charge in [0.2, 0.25) is 0 Å². The Hall–Kier alpha value is -0.120. The Morgan fingerprint density at radius 2 is 2.30 bits per heavy atom. The molecule has 0 spiro atoms. The quantitative estimate of drug-likeness (QED) is 0.468. The molecule has 0 aromatic rings. The number of hydrogen-bond donors (Lipinski definition) is 0. The average Bonchev–Trinajstić information content (AvgIpc) is 2.05. The molecule has 2 aliphatic heterocycles. The van der Waals surface area contributed by atoms with Gasteiger partial charge in [0, 0.05) is 13.2 Å². The van der Waals surface area contributed by atoms with Crippen molar-refractivity contribution in [2.45, 2.75) is 18.6 Å². The molecule has 0 N–H and O–H groups in total. The maximum absolute atomic E-state index is 5.46. The average molecular weight is 142 g/mol. The highest BCUT2D eigenvalue weighted by molar-refractivity contribution is 4.82. The van der Waals surface area contributed by atoms with Crippen molar-refractivity contribution in [3.63, 3.8) is 0 Å². The van der Waals surface area contributed by atoms with Crippen LogP contribution in [0.15, 0.2) is 0 Å². The molecule has 0 aromatic heterocycles. The van der Waals surface area contributed by atoms with Gasteiger partial charge in [-0.3, -0.25) is 0 Å². The first-order valence-corrected chi connectivity index (χ1v) is 3.83. The molecular formula is C7H12NO2. The molecule has 0 saturated carbocycles. The second-order valence-corrected chi connectivity index (χ2v) is 2.75. The summed E-state index contributed by atoms with van der Waals surface area (Å²) in [5.41, 5.74) is 0. The van der Waals surface area contributed by atoms with E-state index in [2.05, 4.69) is 5.32 Å². The minimum atomic E-state index is 0.266. The molecule has 2 heterocycles. The Balaban J connectivity index is 1.93. The van der Waals surface area contributed by atoms with E-state index in [4.69, 9.17) is 9.47 Å². The van der Waals surface area contributed by atoms with Crippen LogP contribution in [0.2, 0.25) is 0 Å². The highest BCUT2D eigenvalue weighted by Gasteiger charge is 2.29. The predicted molar refractivity (Wildman–Crippen MR) is 36.0 cm³/mol. The van der Waals surface area contributed by atoms with Crippen molar-refractivity contribution >= 4 is 0 Å². The maximum atomic E-state index is 5.46. The number of ether oxygens (including phenoxy) is 2. The van der Waals surface area contributed by atoms with E-state index in [9.17, 15) is 0 Å². The summed E-state index contributed by atoms with van der Waals surface area (Å²) in [7, 11) is 0. The standard InChI is InChI=1S/C7H12NO2/c1-3-9-5-7-6(1)8-2-4-10-7/h6-7H,1-5H2. The highest BCUT2D eigenvalue weighted by atomic mass is 16.5. The summed E-state index contributed by atoms with van der Waals surface area (Å²) < 4.78 is 10.7. The summed E-state index contributed by atoms with van der Waals surface area (Å²) in [6.45, 7) is 3.26. The van der Waals surface area contributed by atoms with Crippen molar-refractivity contribution in [1.29, 1.82) is 0 Å². The van der Waals surface area contributed by atoms with E-state index < -0.39 is 0 Å². The van der Waals surface area contributed by atoms with Gasteiger partial charge >= 0.3 is 0 Å². The molecular weight excluding hydrogens is 130 g/mol. The molecule has 2 unspecified atom stereocenters. The van der Waals surface area contributed by atoms with Gasteiger partial charge in [0.15, 0.2) is 0 Å². The summed E-state index contributed by atoms with van der Waals surface area (Å²) in [5.74, 6) is 0. The molecule has 2 aliphatic rings. The Bertz CT molecular complexity index is 92.2. The third kappa shape index (κ3) is 1.17. The second-order valence-electron chi connectivity index (χ2n) is 2.75. The Morgan fingerprint density at radius 3 is 3.20 bits per heavy atom. The number of nitrogens with zero attached hydrogens (tertiary/aromatic N) is 1. The molecule has 0 aromatic carbocycles. The lowest BCUT2D eigenvalue weighted by atomic mass is 10.1. The SMILES string of the molecule is C1COC2COCCC2[N]1. The van der Waals surface area contributed by atoms with Crippen LogP contribution in [0.1, 0.15) is 6.42 Å². The van der Waals surface area contributed by atoms with Crippen LogP contribution in [0.3, 0.4) is 0 Å². The number of hydrogen-bond acceptors (Lipinski definition) is 2. The number of morpholine rings is 1. The molecule has 2 fully saturated rings. The Morgan fingerprint density at radius 1 is 1.30 bits per heavy atom. The summed E-state index contributed by atoms with van der Waals surface area (Å²) in [6.07, 6.45) is 1.31. The molecule has 3 nitrogen and oxygen atoms in total. The fourth-order valence-electron chi connectivity index (χ4n) is 1.49. The monoisotopic (exact) mass is 142 g/mol. The topological polar surface area (TPSA) is 32.6 Å². The lowest BCUT2D eigenvalue weighted by molar-refractivity contribution is -0.0898. The van der Waals surface area contributed by atoms with Crippen LogP contribution in [0.5, 0.6) is 0 Å². The maximum Gasteiger partial charge on any atom is 0.0978 e. The van der Waals surface area contributed by atoms with Gasteiger partial charge in [0.1, 0.15) is 0 Å². The third-order valence-electron chi connectivity index (χ3n) is 2.06. The van der Waals surface area contributed by atoms with Gasteiger partial charge in [-0.25, -0.2) is 5.32 Å². The minimum Gasteiger partial charge on any atom is -0.379 e. The van der Waals surface area contributed by atoms with Gasteiger partial charge in [0.05, 0.1) is 25.4 Å². The first kappa shape index (κ1) is 6.58. The smallest absolute Gasteiger partial charge is 0.0978 e. The van der Waals surface area contributed by atoms with Gasteiger partial charge in [-0.1, -0.05) is 0 Å². The van der Waals surface area contributed by atoms with Crippen LogP contribution in [-0.4, -0.2) is 38.5 Å². The van der Waals surface area contributed by atoms with E-state index in [1.807, 2.05) is 0 Å². The zero-order valence-electron chi connectivity index (χ0n) is 5.95. The van der Waals surface area contributed by atoms with Crippen LogP contribution in [0, 0.1) is 0 Å². The van der Waals surface area contributed by atoms with Gasteiger partial charge in [0.25, 0.3) is 0 Å². The first-order chi connectivity index (χ1) is 4.97. The van der Waals surface area contributed by atoms with Gasteiger partial charge in [-0.15, -0.1) is 0 Å². The Labute approximate surface area is 60.7 Å². The van der Waals surface area contributed by atoms with Crippen LogP contribution in [0.25, 0.3) is 0 Å². The molecule has 3 heteroatoms. The molecule has 1 radical (unpaired) electrons. The molecule has 0 aliphatic carbocycles. The zero-order chi connectivity index (χ0) is 6.81. The van der Waals surface area contributed by atoms with Gasteiger partial charge in [-0.05, 0) is 6.42 Å². The van der Waals surface area contributed by atoms with Crippen molar-refractivity contribution in [2.75, 3.05) is 26.4 Å². The largest absolute Gasteiger partial charge is 0.379 e. The molecule has 2 saturated heterocycles. The van der Waals surface area contributed by atoms with E-state index in [1.54, 1.807) is 0 Å². The zero-order valence-corrected chi connectivity index (χ0v) is 5.95. The van der Waals surface area contributed by atoms with Crippen LogP contribution < -0.4 is 5.32 Å². The summed E-state index contributed by atoms with van der Waals surface area (Å²) in [6, 6.07) is 0.433. The van der Waals surface area contributed by atoms with Crippen LogP contribution >= 0.6 is 0 Å². The van der Waals surface area contributed by atoms with E-state index in [0.29, 0.717) is 6.04 Å². The normalized spacial score (nSPS) is 40.8. The molecule has 10 heavy (non-hydrogen) atoms. The fraction of sp³-hybridized carbons (Fsp3) is 1.00. The number of rotatable bonds is 0. The van der Waals surface area contributed by atoms with Crippen LogP contribution in [-0.2, 0) is 9.47 Å². The van der Waals surface area contributed by atoms with Crippen LogP contribution in [0.4, 0.5) is 0 Å². The molecule has 2 atom stereocenters. The van der Waals surface area contributed by atoms with E-state index in [0.717, 1.165) is 32.8 Å². The van der Waals surface area contributed by atoms with E-state index in [-0.39, 0.29) is 6.10 Å². The fourth-order valence-corrected chi connectivity index (χ4v) is 1.49. The third-order valence-corrected chi connectivity index (χ3v) is 2.06. The number of fused-ring (bicyclic) bond motifs is 1. The van der Waals surface area contributed by atoms with E-state index in [1.165, 1.54) is 0 Å². The van der Waals surface area contributed by atoms with Crippen molar-refractivity contribution in [1.82, 2.24) is 5.32 Å². The van der Waals surface area contributed by atoms with Crippen molar-refractivity contribution in [3.8, 4) is 0 Å². The lowest BCUT2D eigenvalue weighted by Gasteiger charge is -2.34. The van der Waals surface area contributed by atoms with Gasteiger partial charge < -0.3 is 9.47 Å². The molecule has 57 valence electrons. The van der Waals surface area contributed by atoms with Gasteiger partial charge in [-0.2, -0.15) is 0 Å². The van der Waals surface area contributed by atoms with Crippen molar-refractivity contribution in [2.24, 2.45) is 0 Å². The molecule has 0 amide bonds. The summed E-state index contributed by atoms with van der Waals surface area (Å²) in [5, 5.41) is 4.45. The second kappa shape index (κ2) is 2.86. The minimum absolute atomic E-state index is 0.266. The summed E-state index contributed by atoms with van der Waals surface area (Å²) in [4.78, 5) is 0. The first-order valence-electron chi connectivity index (χ1n) is 3.83. The van der Waals surface area contributed by atoms with Crippen molar-refractivity contribution in [3.05, 3.63) is 0 Å². The Kier molecular flexibility index (Phi) is 1.88. The van der Waals surface area contributed by atoms with E-state index >= 15 is 0 Å². The van der Waals surface area contributed by atoms with Crippen molar-refractivity contribution < 1.29 is 9.47 Å². The lowest BCUT2D eigenvalue weighted by Crippen LogP contribution is -2.49. The predicted octanol–water partition coefficient (Wildman–Crippen LogP) is -0.222. The highest BCUT2D eigenvalue weighted by Crippen LogP contribution is 2.14. The summed E-state index contributed by atoms with van der Waals surface area (Å²) >= 11 is 0. The molecule has 2 rings (SSSR count).